The second kappa shape index (κ2) is 6.39. The van der Waals surface area contributed by atoms with Gasteiger partial charge in [-0.15, -0.1) is 12.4 Å². The Hall–Kier alpha value is -1.07. The molecule has 0 bridgehead atoms. The van der Waals surface area contributed by atoms with Gasteiger partial charge in [-0.1, -0.05) is 0 Å². The van der Waals surface area contributed by atoms with Gasteiger partial charge in [0.25, 0.3) is 0 Å². The van der Waals surface area contributed by atoms with Gasteiger partial charge < -0.3 is 15.4 Å². The summed E-state index contributed by atoms with van der Waals surface area (Å²) in [6, 6.07) is -0.747. The van der Waals surface area contributed by atoms with E-state index in [9.17, 15) is 4.79 Å². The molecule has 1 aromatic heterocycles. The van der Waals surface area contributed by atoms with Crippen molar-refractivity contribution in [2.45, 2.75) is 25.4 Å². The number of rotatable bonds is 5. The number of nitrogens with zero attached hydrogens (tertiary/aromatic N) is 2. The molecule has 0 amide bonds. The average Bonchev–Trinajstić information content (AvgIpc) is 2.56. The predicted octanol–water partition coefficient (Wildman–Crippen LogP) is 0.497. The second-order valence-electron chi connectivity index (χ2n) is 2.89. The van der Waals surface area contributed by atoms with Gasteiger partial charge in [0.15, 0.2) is 0 Å². The highest BCUT2D eigenvalue weighted by atomic mass is 35.5. The smallest absolute Gasteiger partial charge is 0.320 e. The minimum absolute atomic E-state index is 0. The number of halogens is 1. The molecule has 5 nitrogen and oxygen atoms in total. The Morgan fingerprint density at radius 3 is 2.86 bits per heavy atom. The molecule has 0 radical (unpaired) electrons. The van der Waals surface area contributed by atoms with E-state index < -0.39 is 12.0 Å². The van der Waals surface area contributed by atoms with Crippen LogP contribution in [-0.4, -0.2) is 26.7 Å². The number of nitrogens with two attached hydrogens (primary N) is 1. The van der Waals surface area contributed by atoms with E-state index in [2.05, 4.69) is 4.98 Å². The highest BCUT2D eigenvalue weighted by Crippen LogP contribution is 1.98. The predicted molar refractivity (Wildman–Crippen MR) is 54.3 cm³/mol. The third kappa shape index (κ3) is 4.25. The van der Waals surface area contributed by atoms with E-state index in [1.54, 1.807) is 12.5 Å². The number of aryl methyl sites for hydroxylation is 1. The number of aliphatic carboxylic acids is 1. The van der Waals surface area contributed by atoms with Crippen LogP contribution in [0.1, 0.15) is 12.8 Å². The first-order valence-electron chi connectivity index (χ1n) is 4.14. The Morgan fingerprint density at radius 2 is 2.36 bits per heavy atom. The summed E-state index contributed by atoms with van der Waals surface area (Å²) >= 11 is 0. The van der Waals surface area contributed by atoms with Gasteiger partial charge in [0, 0.05) is 18.9 Å². The average molecular weight is 220 g/mol. The molecule has 1 heterocycles. The number of hydrogen-bond donors (Lipinski definition) is 2. The number of carboxylic acid groups (broad SMARTS) is 1. The number of carbonyl (C=O) groups is 1. The van der Waals surface area contributed by atoms with Gasteiger partial charge in [0.1, 0.15) is 6.04 Å². The van der Waals surface area contributed by atoms with Gasteiger partial charge in [-0.3, -0.25) is 4.79 Å². The van der Waals surface area contributed by atoms with Crippen LogP contribution in [0.25, 0.3) is 0 Å². The summed E-state index contributed by atoms with van der Waals surface area (Å²) in [4.78, 5) is 14.2. The normalized spacial score (nSPS) is 11.8. The van der Waals surface area contributed by atoms with E-state index in [0.29, 0.717) is 6.42 Å². The maximum absolute atomic E-state index is 10.3. The van der Waals surface area contributed by atoms with Crippen molar-refractivity contribution in [3.05, 3.63) is 18.7 Å². The Labute approximate surface area is 88.3 Å². The van der Waals surface area contributed by atoms with E-state index in [1.807, 2.05) is 10.8 Å². The van der Waals surface area contributed by atoms with E-state index in [-0.39, 0.29) is 12.4 Å². The van der Waals surface area contributed by atoms with E-state index in [0.717, 1.165) is 13.0 Å². The van der Waals surface area contributed by atoms with Crippen LogP contribution < -0.4 is 5.73 Å². The van der Waals surface area contributed by atoms with Crippen LogP contribution in [-0.2, 0) is 11.3 Å². The lowest BCUT2D eigenvalue weighted by atomic mass is 10.2. The number of carboxylic acids is 1. The molecule has 0 unspecified atom stereocenters. The van der Waals surface area contributed by atoms with Gasteiger partial charge in [-0.2, -0.15) is 0 Å². The van der Waals surface area contributed by atoms with Gasteiger partial charge in [-0.25, -0.2) is 4.98 Å². The number of hydrogen-bond acceptors (Lipinski definition) is 3. The fraction of sp³-hybridized carbons (Fsp3) is 0.500. The lowest BCUT2D eigenvalue weighted by Crippen LogP contribution is -2.30. The zero-order valence-corrected chi connectivity index (χ0v) is 8.48. The Kier molecular flexibility index (Phi) is 5.91. The molecule has 0 saturated heterocycles. The Morgan fingerprint density at radius 1 is 1.64 bits per heavy atom. The molecule has 1 atom stereocenters. The fourth-order valence-corrected chi connectivity index (χ4v) is 1.04. The van der Waals surface area contributed by atoms with E-state index in [1.165, 1.54) is 0 Å². The molecule has 1 rings (SSSR count). The second-order valence-corrected chi connectivity index (χ2v) is 2.89. The summed E-state index contributed by atoms with van der Waals surface area (Å²) in [5, 5.41) is 8.50. The quantitative estimate of drug-likeness (QED) is 0.756. The first kappa shape index (κ1) is 12.9. The SMILES string of the molecule is Cl.N[C@@H](CCCn1ccnc1)C(=O)O. The van der Waals surface area contributed by atoms with Crippen molar-refractivity contribution in [3.63, 3.8) is 0 Å². The lowest BCUT2D eigenvalue weighted by Gasteiger charge is -2.05. The van der Waals surface area contributed by atoms with E-state index >= 15 is 0 Å². The molecule has 0 aromatic carbocycles. The molecule has 0 saturated carbocycles. The fourth-order valence-electron chi connectivity index (χ4n) is 1.04. The molecule has 3 N–H and O–H groups in total. The largest absolute Gasteiger partial charge is 0.480 e. The molecule has 0 aliphatic carbocycles. The van der Waals surface area contributed by atoms with E-state index in [4.69, 9.17) is 10.8 Å². The first-order chi connectivity index (χ1) is 6.20. The molecule has 0 spiro atoms. The third-order valence-electron chi connectivity index (χ3n) is 1.81. The van der Waals surface area contributed by atoms with Crippen molar-refractivity contribution in [2.24, 2.45) is 5.73 Å². The van der Waals surface area contributed by atoms with Gasteiger partial charge >= 0.3 is 5.97 Å². The van der Waals surface area contributed by atoms with Crippen molar-refractivity contribution >= 4 is 18.4 Å². The maximum Gasteiger partial charge on any atom is 0.320 e. The summed E-state index contributed by atoms with van der Waals surface area (Å²) in [5.41, 5.74) is 5.33. The van der Waals surface area contributed by atoms with Crippen molar-refractivity contribution in [1.82, 2.24) is 9.55 Å². The molecule has 6 heteroatoms. The molecule has 80 valence electrons. The van der Waals surface area contributed by atoms with Crippen LogP contribution in [0.5, 0.6) is 0 Å². The summed E-state index contributed by atoms with van der Waals surface area (Å²) < 4.78 is 1.90. The van der Waals surface area contributed by atoms with Crippen molar-refractivity contribution in [1.29, 1.82) is 0 Å². The van der Waals surface area contributed by atoms with Crippen LogP contribution in [0.15, 0.2) is 18.7 Å². The molecule has 14 heavy (non-hydrogen) atoms. The summed E-state index contributed by atoms with van der Waals surface area (Å²) in [7, 11) is 0. The standard InChI is InChI=1S/C8H13N3O2.ClH/c9-7(8(12)13)2-1-4-11-5-3-10-6-11;/h3,5-7H,1-2,4,9H2,(H,12,13);1H/t7-;/m0./s1. The molecule has 0 fully saturated rings. The summed E-state index contributed by atoms with van der Waals surface area (Å²) in [5.74, 6) is -0.939. The molecule has 0 aliphatic heterocycles. The molecular formula is C8H14ClN3O2. The van der Waals surface area contributed by atoms with Gasteiger partial charge in [-0.05, 0) is 12.8 Å². The number of imidazole rings is 1. The minimum Gasteiger partial charge on any atom is -0.480 e. The van der Waals surface area contributed by atoms with Crippen molar-refractivity contribution in [2.75, 3.05) is 0 Å². The highest BCUT2D eigenvalue weighted by molar-refractivity contribution is 5.85. The van der Waals surface area contributed by atoms with Crippen LogP contribution in [0.3, 0.4) is 0 Å². The molecular weight excluding hydrogens is 206 g/mol. The van der Waals surface area contributed by atoms with Crippen LogP contribution >= 0.6 is 12.4 Å². The minimum atomic E-state index is -0.939. The summed E-state index contributed by atoms with van der Waals surface area (Å²) in [6.07, 6.45) is 6.48. The zero-order valence-electron chi connectivity index (χ0n) is 7.67. The van der Waals surface area contributed by atoms with Crippen LogP contribution in [0, 0.1) is 0 Å². The zero-order chi connectivity index (χ0) is 9.68. The van der Waals surface area contributed by atoms with Crippen LogP contribution in [0.4, 0.5) is 0 Å². The number of aromatic nitrogens is 2. The van der Waals surface area contributed by atoms with Crippen molar-refractivity contribution in [3.8, 4) is 0 Å². The topological polar surface area (TPSA) is 81.1 Å². The molecule has 0 aliphatic rings. The summed E-state index contributed by atoms with van der Waals surface area (Å²) in [6.45, 7) is 0.765. The van der Waals surface area contributed by atoms with Gasteiger partial charge in [0.05, 0.1) is 6.33 Å². The first-order valence-corrected chi connectivity index (χ1v) is 4.14. The lowest BCUT2D eigenvalue weighted by molar-refractivity contribution is -0.138. The highest BCUT2D eigenvalue weighted by Gasteiger charge is 2.09. The van der Waals surface area contributed by atoms with Crippen molar-refractivity contribution < 1.29 is 9.90 Å². The monoisotopic (exact) mass is 219 g/mol. The third-order valence-corrected chi connectivity index (χ3v) is 1.81. The maximum atomic E-state index is 10.3. The van der Waals surface area contributed by atoms with Gasteiger partial charge in [0.2, 0.25) is 0 Å². The Balaban J connectivity index is 0.00000169. The van der Waals surface area contributed by atoms with Crippen LogP contribution in [0.2, 0.25) is 0 Å². The Bertz CT molecular complexity index is 264. The molecule has 1 aromatic rings.